The minimum Gasteiger partial charge on any atom is -0.493 e. The fraction of sp³-hybridized carbons (Fsp3) is 0.297. The van der Waals surface area contributed by atoms with Crippen LogP contribution in [0.3, 0.4) is 0 Å². The highest BCUT2D eigenvalue weighted by Crippen LogP contribution is 2.41. The molecule has 0 spiro atoms. The topological polar surface area (TPSA) is 99.1 Å². The van der Waals surface area contributed by atoms with Gasteiger partial charge in [0.05, 0.1) is 64.7 Å². The van der Waals surface area contributed by atoms with Crippen LogP contribution in [-0.4, -0.2) is 59.5 Å². The number of hydrogen-bond acceptors (Lipinski definition) is 11. The maximum atomic E-state index is 6.16. The van der Waals surface area contributed by atoms with Gasteiger partial charge in [0.2, 0.25) is 5.75 Å². The number of ether oxygens (including phenoxy) is 7. The lowest BCUT2D eigenvalue weighted by molar-refractivity contribution is 0.0854. The molecule has 0 aliphatic carbocycles. The van der Waals surface area contributed by atoms with E-state index in [1.807, 2.05) is 66.7 Å². The van der Waals surface area contributed by atoms with Crippen molar-refractivity contribution < 1.29 is 38.0 Å². The van der Waals surface area contributed by atoms with E-state index in [-0.39, 0.29) is 6.10 Å². The minimum atomic E-state index is -0.281. The molecule has 10 nitrogen and oxygen atoms in total. The first-order chi connectivity index (χ1) is 23.5. The first-order valence-corrected chi connectivity index (χ1v) is 16.4. The van der Waals surface area contributed by atoms with Crippen LogP contribution in [-0.2, 0) is 4.84 Å². The predicted molar refractivity (Wildman–Crippen MR) is 186 cm³/mol. The molecule has 1 atom stereocenters. The van der Waals surface area contributed by atoms with Gasteiger partial charge in [-0.15, -0.1) is 11.3 Å². The quantitative estimate of drug-likeness (QED) is 0.0807. The van der Waals surface area contributed by atoms with Crippen LogP contribution in [0.4, 0.5) is 0 Å². The molecule has 11 heteroatoms. The second-order valence-electron chi connectivity index (χ2n) is 10.9. The molecule has 0 radical (unpaired) electrons. The van der Waals surface area contributed by atoms with Gasteiger partial charge >= 0.3 is 0 Å². The second-order valence-corrected chi connectivity index (χ2v) is 11.9. The van der Waals surface area contributed by atoms with E-state index in [9.17, 15) is 0 Å². The fourth-order valence-corrected chi connectivity index (χ4v) is 6.43. The average molecular weight is 672 g/mol. The number of aromatic nitrogens is 1. The minimum absolute atomic E-state index is 0.281. The average Bonchev–Trinajstić information content (AvgIpc) is 3.81. The van der Waals surface area contributed by atoms with E-state index in [0.717, 1.165) is 50.5 Å². The lowest BCUT2D eigenvalue weighted by Gasteiger charge is -2.15. The zero-order valence-corrected chi connectivity index (χ0v) is 28.4. The summed E-state index contributed by atoms with van der Waals surface area (Å²) in [4.78, 5) is 10.6. The number of methoxy groups -OCH3 is 5. The third kappa shape index (κ3) is 7.06. The van der Waals surface area contributed by atoms with E-state index in [1.165, 1.54) is 0 Å². The van der Waals surface area contributed by atoms with Gasteiger partial charge in [0.25, 0.3) is 0 Å². The van der Waals surface area contributed by atoms with Crippen LogP contribution in [0.15, 0.2) is 78.0 Å². The normalized spacial score (nSPS) is 13.9. The van der Waals surface area contributed by atoms with Crippen molar-refractivity contribution in [1.82, 2.24) is 4.98 Å². The van der Waals surface area contributed by atoms with E-state index in [4.69, 9.17) is 43.0 Å². The molecule has 0 amide bonds. The van der Waals surface area contributed by atoms with Crippen molar-refractivity contribution in [2.75, 3.05) is 48.8 Å². The zero-order chi connectivity index (χ0) is 33.5. The number of unbranched alkanes of at least 4 members (excludes halogenated alkanes) is 1. The maximum absolute atomic E-state index is 6.16. The maximum Gasteiger partial charge on any atom is 0.203 e. The van der Waals surface area contributed by atoms with E-state index >= 15 is 0 Å². The van der Waals surface area contributed by atoms with Crippen molar-refractivity contribution in [1.29, 1.82) is 0 Å². The molecule has 4 aromatic carbocycles. The van der Waals surface area contributed by atoms with Crippen LogP contribution in [0.1, 0.15) is 36.5 Å². The van der Waals surface area contributed by atoms with Gasteiger partial charge in [0, 0.05) is 17.5 Å². The van der Waals surface area contributed by atoms with Gasteiger partial charge in [-0.05, 0) is 73.0 Å². The Bertz CT molecular complexity index is 1850. The number of nitrogens with zero attached hydrogens (tertiary/aromatic N) is 2. The second kappa shape index (κ2) is 15.2. The summed E-state index contributed by atoms with van der Waals surface area (Å²) >= 11 is 1.66. The van der Waals surface area contributed by atoms with Gasteiger partial charge in [-0.1, -0.05) is 23.4 Å². The van der Waals surface area contributed by atoms with Crippen molar-refractivity contribution >= 4 is 27.3 Å². The molecule has 0 saturated carbocycles. The summed E-state index contributed by atoms with van der Waals surface area (Å²) in [5.74, 6) is 4.31. The van der Waals surface area contributed by atoms with Gasteiger partial charge in [-0.3, -0.25) is 0 Å². The van der Waals surface area contributed by atoms with Crippen LogP contribution in [0, 0.1) is 0 Å². The van der Waals surface area contributed by atoms with Crippen molar-refractivity contribution in [2.45, 2.75) is 25.4 Å². The fourth-order valence-electron chi connectivity index (χ4n) is 5.46. The first kappa shape index (κ1) is 32.8. The molecule has 0 bridgehead atoms. The number of benzene rings is 4. The van der Waals surface area contributed by atoms with E-state index in [0.29, 0.717) is 59.9 Å². The summed E-state index contributed by atoms with van der Waals surface area (Å²) in [6.07, 6.45) is 1.86. The molecule has 0 fully saturated rings. The highest BCUT2D eigenvalue weighted by molar-refractivity contribution is 7.21. The van der Waals surface area contributed by atoms with E-state index in [1.54, 1.807) is 46.9 Å². The van der Waals surface area contributed by atoms with Crippen LogP contribution >= 0.6 is 11.3 Å². The van der Waals surface area contributed by atoms with Gasteiger partial charge in [0.15, 0.2) is 40.6 Å². The third-order valence-corrected chi connectivity index (χ3v) is 9.07. The smallest absolute Gasteiger partial charge is 0.203 e. The number of oxime groups is 1. The predicted octanol–water partition coefficient (Wildman–Crippen LogP) is 8.11. The van der Waals surface area contributed by atoms with E-state index in [2.05, 4.69) is 11.2 Å². The Morgan fingerprint density at radius 3 is 2.02 bits per heavy atom. The third-order valence-electron chi connectivity index (χ3n) is 7.98. The number of para-hydroxylation sites is 1. The Morgan fingerprint density at radius 1 is 0.667 bits per heavy atom. The molecule has 1 aliphatic heterocycles. The summed E-state index contributed by atoms with van der Waals surface area (Å²) in [6, 6.07) is 23.6. The van der Waals surface area contributed by atoms with Crippen molar-refractivity contribution in [3.8, 4) is 50.8 Å². The molecule has 6 rings (SSSR count). The Hall–Kier alpha value is -5.16. The number of fused-ring (bicyclic) bond motifs is 1. The summed E-state index contributed by atoms with van der Waals surface area (Å²) in [7, 11) is 8.03. The number of hydrogen-bond donors (Lipinski definition) is 0. The summed E-state index contributed by atoms with van der Waals surface area (Å²) in [6.45, 7) is 1.02. The molecule has 1 unspecified atom stereocenters. The largest absolute Gasteiger partial charge is 0.493 e. The van der Waals surface area contributed by atoms with Gasteiger partial charge < -0.3 is 38.0 Å². The van der Waals surface area contributed by atoms with E-state index < -0.39 is 0 Å². The van der Waals surface area contributed by atoms with Gasteiger partial charge in [-0.2, -0.15) is 0 Å². The van der Waals surface area contributed by atoms with Crippen molar-refractivity contribution in [2.24, 2.45) is 5.16 Å². The van der Waals surface area contributed by atoms with Crippen molar-refractivity contribution in [3.63, 3.8) is 0 Å². The summed E-state index contributed by atoms with van der Waals surface area (Å²) in [5.41, 5.74) is 4.53. The zero-order valence-electron chi connectivity index (χ0n) is 27.6. The van der Waals surface area contributed by atoms with Gasteiger partial charge in [0.1, 0.15) is 5.01 Å². The van der Waals surface area contributed by atoms with Crippen molar-refractivity contribution in [3.05, 3.63) is 83.9 Å². The highest BCUT2D eigenvalue weighted by Gasteiger charge is 2.27. The Labute approximate surface area is 283 Å². The van der Waals surface area contributed by atoms with Crippen LogP contribution in [0.2, 0.25) is 0 Å². The molecular formula is C37H38N2O8S. The summed E-state index contributed by atoms with van der Waals surface area (Å²) in [5, 5.41) is 5.32. The lowest BCUT2D eigenvalue weighted by Crippen LogP contribution is -2.06. The molecule has 250 valence electrons. The Kier molecular flexibility index (Phi) is 10.4. The SMILES string of the molecule is COc1cc(-c2nc3ccccc3s2)ccc1OCCCCOc1cc(C2C[13C](c3cc(OC)c(OC)c(OC)c3)=NO2)ccc1OC. The van der Waals surface area contributed by atoms with Crippen LogP contribution in [0.5, 0.6) is 40.2 Å². The molecule has 2 heterocycles. The molecule has 48 heavy (non-hydrogen) atoms. The molecule has 1 aliphatic rings. The lowest BCUT2D eigenvalue weighted by atomic mass is 10.1. The molecule has 1 aromatic heterocycles. The van der Waals surface area contributed by atoms with Gasteiger partial charge in [-0.25, -0.2) is 4.98 Å². The number of rotatable bonds is 15. The Balaban J connectivity index is 1.02. The molecule has 0 saturated heterocycles. The monoisotopic (exact) mass is 671 g/mol. The summed E-state index contributed by atoms with van der Waals surface area (Å²) < 4.78 is 41.1. The molecule has 5 aromatic rings. The van der Waals surface area contributed by atoms with Crippen LogP contribution in [0.25, 0.3) is 20.8 Å². The van der Waals surface area contributed by atoms with Crippen LogP contribution < -0.4 is 33.2 Å². The molecule has 0 N–H and O–H groups in total. The number of thiazole rings is 1. The highest BCUT2D eigenvalue weighted by atomic mass is 32.1. The first-order valence-electron chi connectivity index (χ1n) is 15.6. The standard InChI is InChI=1S/C37H38N2O8S/c1-40-28-14-12-23(30-22-27(39-47-30)25-20-33(42-3)36(44-5)34(21-25)43-4)18-32(28)46-17-9-8-16-45-29-15-13-24(19-31(29)41-2)37-38-26-10-6-7-11-35(26)48-37/h6-7,10-15,18-21,30H,8-9,16-17,22H2,1-5H3/i27+1. The Morgan fingerprint density at radius 2 is 1.33 bits per heavy atom. The molecular weight excluding hydrogens is 633 g/mol.